The predicted molar refractivity (Wildman–Crippen MR) is 61.2 cm³/mol. The summed E-state index contributed by atoms with van der Waals surface area (Å²) in [6, 6.07) is 0. The Labute approximate surface area is 88.1 Å². The van der Waals surface area contributed by atoms with Crippen molar-refractivity contribution in [3.8, 4) is 11.8 Å². The smallest absolute Gasteiger partial charge is 0.0577 e. The van der Waals surface area contributed by atoms with Crippen LogP contribution in [0.2, 0.25) is 0 Å². The van der Waals surface area contributed by atoms with Crippen molar-refractivity contribution in [2.24, 2.45) is 0 Å². The number of hydrogen-bond donors (Lipinski definition) is 1. The third-order valence-corrected chi connectivity index (χ3v) is 3.33. The maximum Gasteiger partial charge on any atom is 0.0577 e. The molecule has 0 aliphatic heterocycles. The zero-order valence-corrected chi connectivity index (χ0v) is 9.69. The van der Waals surface area contributed by atoms with Crippen LogP contribution >= 0.6 is 0 Å². The van der Waals surface area contributed by atoms with E-state index in [1.54, 1.807) is 0 Å². The standard InChI is InChI=1S/C12H22N2/c1-4-5-10-13-11-12(14(2)3)8-6-7-9-12/h13H,6-11H2,1-3H3. The number of nitrogens with zero attached hydrogens (tertiary/aromatic N) is 1. The lowest BCUT2D eigenvalue weighted by Gasteiger charge is -2.36. The summed E-state index contributed by atoms with van der Waals surface area (Å²) in [6.07, 6.45) is 5.40. The van der Waals surface area contributed by atoms with Gasteiger partial charge in [-0.25, -0.2) is 0 Å². The number of nitrogens with one attached hydrogen (secondary N) is 1. The molecule has 1 rings (SSSR count). The summed E-state index contributed by atoms with van der Waals surface area (Å²) in [7, 11) is 4.39. The van der Waals surface area contributed by atoms with Crippen LogP contribution in [0.1, 0.15) is 32.6 Å². The first-order valence-corrected chi connectivity index (χ1v) is 5.49. The molecule has 0 aromatic heterocycles. The summed E-state index contributed by atoms with van der Waals surface area (Å²) in [6.45, 7) is 3.79. The van der Waals surface area contributed by atoms with E-state index in [-0.39, 0.29) is 0 Å². The van der Waals surface area contributed by atoms with Crippen LogP contribution in [0.5, 0.6) is 0 Å². The average Bonchev–Trinajstić information content (AvgIpc) is 2.62. The van der Waals surface area contributed by atoms with Crippen LogP contribution in [-0.4, -0.2) is 37.6 Å². The topological polar surface area (TPSA) is 15.3 Å². The number of rotatable bonds is 4. The summed E-state index contributed by atoms with van der Waals surface area (Å²) in [4.78, 5) is 2.38. The SMILES string of the molecule is CC#CCNCC1(N(C)C)CCCC1. The zero-order chi connectivity index (χ0) is 10.4. The zero-order valence-electron chi connectivity index (χ0n) is 9.69. The highest BCUT2D eigenvalue weighted by Crippen LogP contribution is 2.32. The summed E-state index contributed by atoms with van der Waals surface area (Å²) >= 11 is 0. The maximum atomic E-state index is 3.44. The van der Waals surface area contributed by atoms with Crippen molar-refractivity contribution in [3.63, 3.8) is 0 Å². The van der Waals surface area contributed by atoms with Crippen LogP contribution in [0.3, 0.4) is 0 Å². The van der Waals surface area contributed by atoms with E-state index in [2.05, 4.69) is 36.2 Å². The van der Waals surface area contributed by atoms with Gasteiger partial charge in [0.2, 0.25) is 0 Å². The van der Waals surface area contributed by atoms with Crippen LogP contribution in [0.15, 0.2) is 0 Å². The van der Waals surface area contributed by atoms with Crippen LogP contribution in [0.4, 0.5) is 0 Å². The average molecular weight is 194 g/mol. The molecule has 0 aromatic rings. The fourth-order valence-electron chi connectivity index (χ4n) is 2.26. The van der Waals surface area contributed by atoms with Crippen LogP contribution in [-0.2, 0) is 0 Å². The second-order valence-corrected chi connectivity index (χ2v) is 4.36. The summed E-state index contributed by atoms with van der Waals surface area (Å²) in [5.41, 5.74) is 0.398. The van der Waals surface area contributed by atoms with Gasteiger partial charge in [-0.15, -0.1) is 5.92 Å². The van der Waals surface area contributed by atoms with Crippen molar-refractivity contribution in [1.29, 1.82) is 0 Å². The highest BCUT2D eigenvalue weighted by atomic mass is 15.2. The Hall–Kier alpha value is -0.520. The molecule has 0 atom stereocenters. The predicted octanol–water partition coefficient (Wildman–Crippen LogP) is 1.47. The lowest BCUT2D eigenvalue weighted by atomic mass is 9.96. The third kappa shape index (κ3) is 2.73. The van der Waals surface area contributed by atoms with E-state index in [4.69, 9.17) is 0 Å². The molecule has 80 valence electrons. The molecular formula is C12H22N2. The van der Waals surface area contributed by atoms with E-state index in [0.717, 1.165) is 13.1 Å². The van der Waals surface area contributed by atoms with Gasteiger partial charge in [-0.05, 0) is 33.9 Å². The van der Waals surface area contributed by atoms with Crippen molar-refractivity contribution in [3.05, 3.63) is 0 Å². The maximum absolute atomic E-state index is 3.44. The molecule has 0 amide bonds. The van der Waals surface area contributed by atoms with Gasteiger partial charge in [0.05, 0.1) is 6.54 Å². The Bertz CT molecular complexity index is 216. The Balaban J connectivity index is 2.39. The van der Waals surface area contributed by atoms with Crippen molar-refractivity contribution in [1.82, 2.24) is 10.2 Å². The van der Waals surface area contributed by atoms with Crippen molar-refractivity contribution < 1.29 is 0 Å². The highest BCUT2D eigenvalue weighted by Gasteiger charge is 2.35. The normalized spacial score (nSPS) is 19.4. The molecule has 1 N–H and O–H groups in total. The minimum Gasteiger partial charge on any atom is -0.304 e. The molecule has 0 radical (unpaired) electrons. The molecule has 2 nitrogen and oxygen atoms in total. The number of hydrogen-bond acceptors (Lipinski definition) is 2. The van der Waals surface area contributed by atoms with Gasteiger partial charge >= 0.3 is 0 Å². The molecule has 1 aliphatic carbocycles. The van der Waals surface area contributed by atoms with Gasteiger partial charge in [0.25, 0.3) is 0 Å². The molecule has 0 bridgehead atoms. The van der Waals surface area contributed by atoms with Crippen molar-refractivity contribution in [2.75, 3.05) is 27.2 Å². The fourth-order valence-corrected chi connectivity index (χ4v) is 2.26. The van der Waals surface area contributed by atoms with Gasteiger partial charge in [-0.3, -0.25) is 0 Å². The molecule has 0 unspecified atom stereocenters. The first-order chi connectivity index (χ1) is 6.71. The monoisotopic (exact) mass is 194 g/mol. The van der Waals surface area contributed by atoms with Gasteiger partial charge in [0.1, 0.15) is 0 Å². The molecule has 0 saturated heterocycles. The molecule has 1 fully saturated rings. The minimum atomic E-state index is 0.398. The van der Waals surface area contributed by atoms with Gasteiger partial charge in [-0.2, -0.15) is 0 Å². The van der Waals surface area contributed by atoms with Gasteiger partial charge in [-0.1, -0.05) is 18.8 Å². The largest absolute Gasteiger partial charge is 0.304 e. The molecule has 1 saturated carbocycles. The van der Waals surface area contributed by atoms with Crippen molar-refractivity contribution >= 4 is 0 Å². The lowest BCUT2D eigenvalue weighted by Crippen LogP contribution is -2.49. The summed E-state index contributed by atoms with van der Waals surface area (Å²) in [5, 5.41) is 3.44. The Morgan fingerprint density at radius 2 is 1.93 bits per heavy atom. The van der Waals surface area contributed by atoms with E-state index in [1.165, 1.54) is 25.7 Å². The highest BCUT2D eigenvalue weighted by molar-refractivity contribution is 5.00. The van der Waals surface area contributed by atoms with E-state index in [1.807, 2.05) is 6.92 Å². The molecule has 0 heterocycles. The number of likely N-dealkylation sites (N-methyl/N-ethyl adjacent to an activating group) is 1. The Morgan fingerprint density at radius 3 is 2.43 bits per heavy atom. The third-order valence-electron chi connectivity index (χ3n) is 3.33. The summed E-state index contributed by atoms with van der Waals surface area (Å²) in [5.74, 6) is 5.96. The van der Waals surface area contributed by atoms with E-state index >= 15 is 0 Å². The van der Waals surface area contributed by atoms with E-state index in [0.29, 0.717) is 5.54 Å². The first kappa shape index (κ1) is 11.6. The van der Waals surface area contributed by atoms with E-state index in [9.17, 15) is 0 Å². The molecule has 1 aliphatic rings. The lowest BCUT2D eigenvalue weighted by molar-refractivity contribution is 0.156. The second-order valence-electron chi connectivity index (χ2n) is 4.36. The molecule has 0 spiro atoms. The molecule has 0 aromatic carbocycles. The fraction of sp³-hybridized carbons (Fsp3) is 0.833. The van der Waals surface area contributed by atoms with Gasteiger partial charge < -0.3 is 10.2 Å². The Morgan fingerprint density at radius 1 is 1.29 bits per heavy atom. The van der Waals surface area contributed by atoms with Crippen molar-refractivity contribution in [2.45, 2.75) is 38.1 Å². The molecule has 2 heteroatoms. The van der Waals surface area contributed by atoms with Gasteiger partial charge in [0.15, 0.2) is 0 Å². The van der Waals surface area contributed by atoms with Crippen LogP contribution < -0.4 is 5.32 Å². The molecule has 14 heavy (non-hydrogen) atoms. The van der Waals surface area contributed by atoms with Crippen LogP contribution in [0, 0.1) is 11.8 Å². The van der Waals surface area contributed by atoms with E-state index < -0.39 is 0 Å². The first-order valence-electron chi connectivity index (χ1n) is 5.49. The second kappa shape index (κ2) is 5.38. The summed E-state index contributed by atoms with van der Waals surface area (Å²) < 4.78 is 0. The van der Waals surface area contributed by atoms with Crippen LogP contribution in [0.25, 0.3) is 0 Å². The molecular weight excluding hydrogens is 172 g/mol. The Kier molecular flexibility index (Phi) is 4.44. The van der Waals surface area contributed by atoms with Gasteiger partial charge in [0, 0.05) is 12.1 Å². The quantitative estimate of drug-likeness (QED) is 0.538. The minimum absolute atomic E-state index is 0.398.